The van der Waals surface area contributed by atoms with E-state index < -0.39 is 4.69 Å². The Kier molecular flexibility index (Phi) is 8.19. The molecule has 1 aliphatic carbocycles. The van der Waals surface area contributed by atoms with Gasteiger partial charge in [-0.1, -0.05) is 33.1 Å². The van der Waals surface area contributed by atoms with Gasteiger partial charge in [0.15, 0.2) is 0 Å². The molecular formula is C12H15BrFeO2. The summed E-state index contributed by atoms with van der Waals surface area (Å²) in [6.07, 6.45) is 4.49. The van der Waals surface area contributed by atoms with Crippen LogP contribution in [0.5, 0.6) is 0 Å². The van der Waals surface area contributed by atoms with E-state index >= 15 is 0 Å². The number of hydrogen-bond donors (Lipinski definition) is 0. The molecular weight excluding hydrogens is 312 g/mol. The van der Waals surface area contributed by atoms with E-state index in [2.05, 4.69) is 56.6 Å². The fraction of sp³-hybridized carbons (Fsp3) is 0.500. The van der Waals surface area contributed by atoms with Crippen molar-refractivity contribution in [1.29, 1.82) is 0 Å². The van der Waals surface area contributed by atoms with Crippen LogP contribution in [0.4, 0.5) is 0 Å². The summed E-state index contributed by atoms with van der Waals surface area (Å²) in [7, 11) is 0. The Morgan fingerprint density at radius 1 is 1.31 bits per heavy atom. The maximum atomic E-state index is 9.31. The third kappa shape index (κ3) is 5.24. The third-order valence-corrected chi connectivity index (χ3v) is 2.80. The Bertz CT molecular complexity index is 341. The second kappa shape index (κ2) is 7.20. The molecule has 0 radical (unpaired) electrons. The van der Waals surface area contributed by atoms with Crippen LogP contribution >= 0.6 is 15.9 Å². The van der Waals surface area contributed by atoms with Crippen LogP contribution in [0, 0.1) is 11.5 Å². The fourth-order valence-corrected chi connectivity index (χ4v) is 1.41. The normalized spacial score (nSPS) is 16.8. The van der Waals surface area contributed by atoms with Crippen molar-refractivity contribution in [3.63, 3.8) is 0 Å². The van der Waals surface area contributed by atoms with E-state index in [4.69, 9.17) is 4.79 Å². The monoisotopic (exact) mass is 326 g/mol. The largest absolute Gasteiger partial charge is 2.00 e. The third-order valence-electron chi connectivity index (χ3n) is 2.64. The Morgan fingerprint density at radius 3 is 1.75 bits per heavy atom. The molecule has 0 atom stereocenters. The van der Waals surface area contributed by atoms with Crippen LogP contribution in [-0.4, -0.2) is 11.0 Å². The topological polar surface area (TPSA) is 34.1 Å². The molecule has 0 spiro atoms. The van der Waals surface area contributed by atoms with Gasteiger partial charge in [0.05, 0.1) is 4.69 Å². The van der Waals surface area contributed by atoms with Crippen molar-refractivity contribution in [2.45, 2.75) is 34.6 Å². The summed E-state index contributed by atoms with van der Waals surface area (Å²) in [5.41, 5.74) is 4.39. The number of allylic oxidation sites excluding steroid dienone is 4. The molecule has 0 N–H and O–H groups in total. The minimum atomic E-state index is -0.738. The number of rotatable bonds is 1. The van der Waals surface area contributed by atoms with Crippen LogP contribution in [0.15, 0.2) is 16.7 Å². The molecule has 1 rings (SSSR count). The molecule has 90 valence electrons. The van der Waals surface area contributed by atoms with Crippen LogP contribution in [0.3, 0.4) is 0 Å². The van der Waals surface area contributed by atoms with Gasteiger partial charge in [-0.15, -0.1) is 6.92 Å². The summed E-state index contributed by atoms with van der Waals surface area (Å²) in [6.45, 7) is 10.9. The van der Waals surface area contributed by atoms with Crippen molar-refractivity contribution >= 4 is 26.9 Å². The average Bonchev–Trinajstić information content (AvgIpc) is 2.30. The first-order chi connectivity index (χ1) is 6.72. The van der Waals surface area contributed by atoms with Gasteiger partial charge >= 0.3 is 17.1 Å². The van der Waals surface area contributed by atoms with Gasteiger partial charge in [-0.25, -0.2) is 5.57 Å². The van der Waals surface area contributed by atoms with Crippen LogP contribution in [0.25, 0.3) is 0 Å². The second-order valence-corrected chi connectivity index (χ2v) is 4.72. The van der Waals surface area contributed by atoms with Crippen molar-refractivity contribution in [1.82, 2.24) is 0 Å². The van der Waals surface area contributed by atoms with E-state index in [1.807, 2.05) is 0 Å². The van der Waals surface area contributed by atoms with Crippen molar-refractivity contribution in [2.24, 2.45) is 5.41 Å². The van der Waals surface area contributed by atoms with Gasteiger partial charge < -0.3 is 9.59 Å². The Hall–Kier alpha value is -0.181. The van der Waals surface area contributed by atoms with Crippen LogP contribution in [0.1, 0.15) is 34.6 Å². The molecule has 0 fully saturated rings. The van der Waals surface area contributed by atoms with E-state index in [0.29, 0.717) is 0 Å². The zero-order valence-electron chi connectivity index (χ0n) is 10.0. The van der Waals surface area contributed by atoms with Gasteiger partial charge in [0.25, 0.3) is 0 Å². The van der Waals surface area contributed by atoms with Gasteiger partial charge in [-0.05, 0) is 15.9 Å². The first kappa shape index (κ1) is 18.2. The summed E-state index contributed by atoms with van der Waals surface area (Å²) in [5.74, 6) is 0. The second-order valence-electron chi connectivity index (χ2n) is 4.00. The number of hydrogen-bond acceptors (Lipinski definition) is 2. The molecule has 4 heteroatoms. The Morgan fingerprint density at radius 2 is 1.69 bits per heavy atom. The first-order valence-electron chi connectivity index (χ1n) is 4.60. The summed E-state index contributed by atoms with van der Waals surface area (Å²) in [5, 5.41) is 0. The molecule has 0 saturated carbocycles. The number of carbonyl (C=O) groups is 1. The fourth-order valence-electron chi connectivity index (χ4n) is 1.41. The maximum absolute atomic E-state index is 9.31. The summed E-state index contributed by atoms with van der Waals surface area (Å²) in [4.78, 5) is 18.3. The first-order valence-corrected chi connectivity index (χ1v) is 5.39. The van der Waals surface area contributed by atoms with E-state index in [1.54, 1.807) is 0 Å². The van der Waals surface area contributed by atoms with E-state index in [-0.39, 0.29) is 22.5 Å². The van der Waals surface area contributed by atoms with Crippen molar-refractivity contribution in [2.75, 3.05) is 0 Å². The van der Waals surface area contributed by atoms with Gasteiger partial charge in [0.1, 0.15) is 0 Å². The van der Waals surface area contributed by atoms with Crippen LogP contribution in [0.2, 0.25) is 0 Å². The molecule has 0 aromatic heterocycles. The van der Waals surface area contributed by atoms with E-state index in [1.165, 1.54) is 16.7 Å². The molecule has 0 aromatic rings. The summed E-state index contributed by atoms with van der Waals surface area (Å²) in [6, 6.07) is 0. The molecule has 0 unspecified atom stereocenters. The van der Waals surface area contributed by atoms with Gasteiger partial charge in [0.2, 0.25) is 0 Å². The van der Waals surface area contributed by atoms with Crippen molar-refractivity contribution in [3.05, 3.63) is 22.8 Å². The zero-order chi connectivity index (χ0) is 12.2. The van der Waals surface area contributed by atoms with Gasteiger partial charge in [0, 0.05) is 0 Å². The predicted molar refractivity (Wildman–Crippen MR) is 64.2 cm³/mol. The summed E-state index contributed by atoms with van der Waals surface area (Å²) < 4.78 is -0.738. The minimum absolute atomic E-state index is 0. The molecule has 2 nitrogen and oxygen atoms in total. The predicted octanol–water partition coefficient (Wildman–Crippen LogP) is 3.13. The average molecular weight is 327 g/mol. The molecule has 0 bridgehead atoms. The molecule has 0 amide bonds. The van der Waals surface area contributed by atoms with Gasteiger partial charge in [-0.3, -0.25) is 6.08 Å². The SMILES string of the molecule is CC1=[C-]C(C)(C)C(C)=C1C.O=[C-]C(=O)Br.[Fe+2]. The smallest absolute Gasteiger partial charge is 0.533 e. The molecule has 0 aliphatic heterocycles. The van der Waals surface area contributed by atoms with Crippen molar-refractivity contribution < 1.29 is 26.7 Å². The molecule has 1 aliphatic rings. The molecule has 0 heterocycles. The standard InChI is InChI=1S/C10H15.C2BrO2.Fe/c1-7-6-10(4,5)9(3)8(7)2;3-2(5)1-4;/h1-5H3;;/q2*-1;+2. The number of halogens is 1. The van der Waals surface area contributed by atoms with Crippen LogP contribution < -0.4 is 0 Å². The maximum Gasteiger partial charge on any atom is 2.00 e. The molecule has 0 aromatic carbocycles. The molecule has 16 heavy (non-hydrogen) atoms. The number of carbonyl (C=O) groups excluding carboxylic acids is 2. The van der Waals surface area contributed by atoms with Gasteiger partial charge in [-0.2, -0.15) is 17.4 Å². The molecule has 0 saturated heterocycles. The Labute approximate surface area is 116 Å². The van der Waals surface area contributed by atoms with E-state index in [0.717, 1.165) is 6.29 Å². The van der Waals surface area contributed by atoms with Crippen molar-refractivity contribution in [3.8, 4) is 0 Å². The summed E-state index contributed by atoms with van der Waals surface area (Å²) >= 11 is 2.31. The Balaban J connectivity index is 0. The minimum Gasteiger partial charge on any atom is -0.533 e. The quantitative estimate of drug-likeness (QED) is 0.321. The van der Waals surface area contributed by atoms with Crippen LogP contribution in [-0.2, 0) is 26.7 Å². The van der Waals surface area contributed by atoms with E-state index in [9.17, 15) is 4.79 Å². The zero-order valence-corrected chi connectivity index (χ0v) is 12.7.